The first-order chi connectivity index (χ1) is 9.10. The topological polar surface area (TPSA) is 57.8 Å². The van der Waals surface area contributed by atoms with Crippen molar-refractivity contribution in [2.45, 2.75) is 43.1 Å². The van der Waals surface area contributed by atoms with Crippen LogP contribution in [0.15, 0.2) is 10.9 Å². The molecule has 1 saturated heterocycles. The Morgan fingerprint density at radius 1 is 1.47 bits per heavy atom. The Morgan fingerprint density at radius 2 is 2.26 bits per heavy atom. The summed E-state index contributed by atoms with van der Waals surface area (Å²) in [6.45, 7) is 8.09. The summed E-state index contributed by atoms with van der Waals surface area (Å²) in [7, 11) is 0. The number of hydrogen-bond acceptors (Lipinski definition) is 5. The third kappa shape index (κ3) is 4.00. The number of nitrogens with zero attached hydrogens (tertiary/aromatic N) is 1. The number of aromatic amines is 1. The highest BCUT2D eigenvalue weighted by Gasteiger charge is 2.28. The Balaban J connectivity index is 2.15. The number of thioether (sulfide) groups is 2. The van der Waals surface area contributed by atoms with Crippen molar-refractivity contribution in [3.8, 4) is 0 Å². The molecule has 1 aliphatic rings. The largest absolute Gasteiger partial charge is 0.311 e. The van der Waals surface area contributed by atoms with E-state index in [0.717, 1.165) is 23.8 Å². The van der Waals surface area contributed by atoms with Gasteiger partial charge < -0.3 is 10.3 Å². The van der Waals surface area contributed by atoms with E-state index in [1.807, 2.05) is 30.4 Å². The predicted octanol–water partition coefficient (Wildman–Crippen LogP) is 2.18. The van der Waals surface area contributed by atoms with E-state index >= 15 is 0 Å². The van der Waals surface area contributed by atoms with Crippen LogP contribution in [0.3, 0.4) is 0 Å². The molecule has 0 radical (unpaired) electrons. The van der Waals surface area contributed by atoms with Crippen molar-refractivity contribution in [3.63, 3.8) is 0 Å². The van der Waals surface area contributed by atoms with Gasteiger partial charge in [0.15, 0.2) is 0 Å². The Bertz CT molecular complexity index is 477. The van der Waals surface area contributed by atoms with E-state index in [4.69, 9.17) is 0 Å². The maximum Gasteiger partial charge on any atom is 0.251 e. The maximum absolute atomic E-state index is 11.7. The van der Waals surface area contributed by atoms with E-state index in [1.54, 1.807) is 6.07 Å². The zero-order chi connectivity index (χ0) is 13.8. The zero-order valence-electron chi connectivity index (χ0n) is 11.6. The molecule has 2 N–H and O–H groups in total. The van der Waals surface area contributed by atoms with E-state index in [0.29, 0.717) is 22.3 Å². The fraction of sp³-hybridized carbons (Fsp3) is 0.692. The molecule has 106 valence electrons. The lowest BCUT2D eigenvalue weighted by Crippen LogP contribution is -2.25. The average molecular weight is 299 g/mol. The van der Waals surface area contributed by atoms with Gasteiger partial charge in [0.25, 0.3) is 5.56 Å². The molecule has 0 aromatic carbocycles. The molecule has 0 aliphatic carbocycles. The summed E-state index contributed by atoms with van der Waals surface area (Å²) in [5.74, 6) is 1.85. The molecular formula is C13H21N3OS2. The van der Waals surface area contributed by atoms with Gasteiger partial charge in [0.2, 0.25) is 0 Å². The minimum atomic E-state index is -0.0465. The Hall–Kier alpha value is -0.460. The molecule has 0 bridgehead atoms. The van der Waals surface area contributed by atoms with Crippen LogP contribution >= 0.6 is 23.5 Å². The van der Waals surface area contributed by atoms with Gasteiger partial charge in [-0.1, -0.05) is 20.8 Å². The second-order valence-electron chi connectivity index (χ2n) is 4.77. The third-order valence-corrected chi connectivity index (χ3v) is 6.62. The van der Waals surface area contributed by atoms with Crippen molar-refractivity contribution >= 4 is 23.5 Å². The molecule has 2 rings (SSSR count). The lowest BCUT2D eigenvalue weighted by molar-refractivity contribution is 0.697. The number of hydrogen-bond donors (Lipinski definition) is 2. The van der Waals surface area contributed by atoms with E-state index < -0.39 is 0 Å². The molecule has 1 aromatic heterocycles. The lowest BCUT2D eigenvalue weighted by atomic mass is 10.3. The minimum absolute atomic E-state index is 0.0465. The van der Waals surface area contributed by atoms with Crippen LogP contribution in [0.5, 0.6) is 0 Å². The number of H-pyrrole nitrogens is 1. The molecule has 1 aromatic rings. The molecule has 0 spiro atoms. The summed E-state index contributed by atoms with van der Waals surface area (Å²) < 4.78 is 0. The first-order valence-electron chi connectivity index (χ1n) is 6.68. The monoisotopic (exact) mass is 299 g/mol. The summed E-state index contributed by atoms with van der Waals surface area (Å²) in [5.41, 5.74) is 0.784. The summed E-state index contributed by atoms with van der Waals surface area (Å²) in [6, 6.07) is 1.58. The van der Waals surface area contributed by atoms with Gasteiger partial charge in [-0.2, -0.15) is 11.8 Å². The smallest absolute Gasteiger partial charge is 0.251 e. The number of nitrogens with one attached hydrogen (secondary N) is 2. The third-order valence-electron chi connectivity index (χ3n) is 3.22. The Morgan fingerprint density at radius 3 is 2.95 bits per heavy atom. The average Bonchev–Trinajstić information content (AvgIpc) is 2.39. The predicted molar refractivity (Wildman–Crippen MR) is 84.0 cm³/mol. The molecule has 3 unspecified atom stereocenters. The molecular weight excluding hydrogens is 278 g/mol. The van der Waals surface area contributed by atoms with Crippen LogP contribution in [0.25, 0.3) is 0 Å². The van der Waals surface area contributed by atoms with E-state index in [1.165, 1.54) is 0 Å². The SMILES string of the molecule is CCNCc1cc(=O)[nH]c(C2CSC(C)C(C)S2)n1. The van der Waals surface area contributed by atoms with Gasteiger partial charge in [0.05, 0.1) is 10.9 Å². The van der Waals surface area contributed by atoms with Gasteiger partial charge in [-0.3, -0.25) is 4.79 Å². The van der Waals surface area contributed by atoms with Gasteiger partial charge in [-0.05, 0) is 6.54 Å². The summed E-state index contributed by atoms with van der Waals surface area (Å²) in [6.07, 6.45) is 0. The highest BCUT2D eigenvalue weighted by atomic mass is 32.2. The van der Waals surface area contributed by atoms with Crippen molar-refractivity contribution < 1.29 is 0 Å². The van der Waals surface area contributed by atoms with Gasteiger partial charge in [-0.15, -0.1) is 11.8 Å². The van der Waals surface area contributed by atoms with Crippen LogP contribution in [0, 0.1) is 0 Å². The van der Waals surface area contributed by atoms with E-state index in [2.05, 4.69) is 29.1 Å². The minimum Gasteiger partial charge on any atom is -0.311 e. The highest BCUT2D eigenvalue weighted by molar-refractivity contribution is 8.07. The Labute approximate surface area is 122 Å². The lowest BCUT2D eigenvalue weighted by Gasteiger charge is -2.30. The second-order valence-corrected chi connectivity index (χ2v) is 7.77. The molecule has 19 heavy (non-hydrogen) atoms. The quantitative estimate of drug-likeness (QED) is 0.892. The number of aromatic nitrogens is 2. The summed E-state index contributed by atoms with van der Waals surface area (Å²) >= 11 is 3.88. The van der Waals surface area contributed by atoms with Crippen LogP contribution in [0.2, 0.25) is 0 Å². The molecule has 2 heterocycles. The van der Waals surface area contributed by atoms with Crippen molar-refractivity contribution in [1.82, 2.24) is 15.3 Å². The van der Waals surface area contributed by atoms with Crippen molar-refractivity contribution in [2.24, 2.45) is 0 Å². The molecule has 1 fully saturated rings. The zero-order valence-corrected chi connectivity index (χ0v) is 13.2. The summed E-state index contributed by atoms with van der Waals surface area (Å²) in [4.78, 5) is 19.2. The van der Waals surface area contributed by atoms with Crippen LogP contribution in [0.1, 0.15) is 37.5 Å². The molecule has 0 amide bonds. The second kappa shape index (κ2) is 6.81. The molecule has 6 heteroatoms. The number of rotatable bonds is 4. The summed E-state index contributed by atoms with van der Waals surface area (Å²) in [5, 5.41) is 4.76. The van der Waals surface area contributed by atoms with E-state index in [-0.39, 0.29) is 5.56 Å². The first kappa shape index (κ1) is 14.9. The van der Waals surface area contributed by atoms with Crippen LogP contribution in [0.4, 0.5) is 0 Å². The fourth-order valence-corrected chi connectivity index (χ4v) is 4.82. The van der Waals surface area contributed by atoms with Crippen molar-refractivity contribution in [2.75, 3.05) is 12.3 Å². The fourth-order valence-electron chi connectivity index (χ4n) is 1.95. The molecule has 0 saturated carbocycles. The van der Waals surface area contributed by atoms with Crippen LogP contribution < -0.4 is 10.9 Å². The van der Waals surface area contributed by atoms with Crippen LogP contribution in [-0.2, 0) is 6.54 Å². The van der Waals surface area contributed by atoms with Gasteiger partial charge in [-0.25, -0.2) is 4.98 Å². The van der Waals surface area contributed by atoms with Gasteiger partial charge in [0.1, 0.15) is 5.82 Å². The van der Waals surface area contributed by atoms with Gasteiger partial charge >= 0.3 is 0 Å². The highest BCUT2D eigenvalue weighted by Crippen LogP contribution is 2.42. The Kier molecular flexibility index (Phi) is 5.36. The van der Waals surface area contributed by atoms with E-state index in [9.17, 15) is 4.79 Å². The van der Waals surface area contributed by atoms with Gasteiger partial charge in [0, 0.05) is 28.9 Å². The molecule has 3 atom stereocenters. The molecule has 4 nitrogen and oxygen atoms in total. The normalized spacial score (nSPS) is 27.4. The van der Waals surface area contributed by atoms with Crippen molar-refractivity contribution in [3.05, 3.63) is 27.9 Å². The molecule has 1 aliphatic heterocycles. The maximum atomic E-state index is 11.7. The first-order valence-corrected chi connectivity index (χ1v) is 8.67. The standard InChI is InChI=1S/C13H21N3OS2/c1-4-14-6-10-5-12(17)16-13(15-10)11-7-18-8(2)9(3)19-11/h5,8-9,11,14H,4,6-7H2,1-3H3,(H,15,16,17). The van der Waals surface area contributed by atoms with Crippen LogP contribution in [-0.4, -0.2) is 32.8 Å². The van der Waals surface area contributed by atoms with Crippen molar-refractivity contribution in [1.29, 1.82) is 0 Å².